The summed E-state index contributed by atoms with van der Waals surface area (Å²) in [6, 6.07) is 7.36. The molecule has 2 nitrogen and oxygen atoms in total. The van der Waals surface area contributed by atoms with Crippen LogP contribution in [0.5, 0.6) is 0 Å². The SMILES string of the molecule is CCc1ccc2c(c1)c(C1CC1)nn2[C@H](C)CC. The van der Waals surface area contributed by atoms with Gasteiger partial charge in [-0.2, -0.15) is 5.10 Å². The monoisotopic (exact) mass is 242 g/mol. The van der Waals surface area contributed by atoms with Crippen molar-refractivity contribution in [2.45, 2.75) is 58.4 Å². The number of hydrogen-bond donors (Lipinski definition) is 0. The van der Waals surface area contributed by atoms with E-state index in [0.29, 0.717) is 6.04 Å². The minimum absolute atomic E-state index is 0.493. The van der Waals surface area contributed by atoms with Crippen LogP contribution in [-0.2, 0) is 6.42 Å². The number of hydrogen-bond acceptors (Lipinski definition) is 1. The second-order valence-corrected chi connectivity index (χ2v) is 5.57. The summed E-state index contributed by atoms with van der Waals surface area (Å²) in [5, 5.41) is 6.31. The first-order valence-electron chi connectivity index (χ1n) is 7.25. The molecule has 1 saturated carbocycles. The molecule has 1 heterocycles. The number of rotatable bonds is 4. The van der Waals surface area contributed by atoms with E-state index in [1.165, 1.54) is 35.0 Å². The van der Waals surface area contributed by atoms with E-state index in [4.69, 9.17) is 5.10 Å². The average Bonchev–Trinajstić information content (AvgIpc) is 3.18. The van der Waals surface area contributed by atoms with Crippen LogP contribution in [0.2, 0.25) is 0 Å². The zero-order valence-corrected chi connectivity index (χ0v) is 11.6. The number of aromatic nitrogens is 2. The second kappa shape index (κ2) is 4.42. The van der Waals surface area contributed by atoms with Crippen molar-refractivity contribution in [2.24, 2.45) is 0 Å². The van der Waals surface area contributed by atoms with E-state index in [-0.39, 0.29) is 0 Å². The van der Waals surface area contributed by atoms with E-state index >= 15 is 0 Å². The molecule has 0 N–H and O–H groups in total. The molecule has 1 aromatic heterocycles. The molecule has 2 aromatic rings. The maximum absolute atomic E-state index is 4.91. The minimum Gasteiger partial charge on any atom is -0.262 e. The zero-order chi connectivity index (χ0) is 12.7. The molecule has 0 amide bonds. The second-order valence-electron chi connectivity index (χ2n) is 5.57. The van der Waals surface area contributed by atoms with Gasteiger partial charge in [0.15, 0.2) is 0 Å². The molecule has 18 heavy (non-hydrogen) atoms. The third kappa shape index (κ3) is 1.84. The molecule has 1 aliphatic rings. The molecule has 0 unspecified atom stereocenters. The standard InChI is InChI=1S/C16H22N2/c1-4-11(3)18-15-9-6-12(5-2)10-14(15)16(17-18)13-7-8-13/h6,9-11,13H,4-5,7-8H2,1-3H3/t11-/m1/s1. The first kappa shape index (κ1) is 11.8. The number of aryl methyl sites for hydroxylation is 1. The highest BCUT2D eigenvalue weighted by Crippen LogP contribution is 2.43. The number of fused-ring (bicyclic) bond motifs is 1. The van der Waals surface area contributed by atoms with Crippen molar-refractivity contribution in [1.82, 2.24) is 9.78 Å². The molecule has 1 fully saturated rings. The minimum atomic E-state index is 0.493. The largest absolute Gasteiger partial charge is 0.262 e. The summed E-state index contributed by atoms with van der Waals surface area (Å²) >= 11 is 0. The smallest absolute Gasteiger partial charge is 0.0734 e. The van der Waals surface area contributed by atoms with Gasteiger partial charge in [-0.25, -0.2) is 0 Å². The van der Waals surface area contributed by atoms with Crippen LogP contribution in [-0.4, -0.2) is 9.78 Å². The highest BCUT2D eigenvalue weighted by Gasteiger charge is 2.29. The topological polar surface area (TPSA) is 17.8 Å². The van der Waals surface area contributed by atoms with Gasteiger partial charge in [0.25, 0.3) is 0 Å². The van der Waals surface area contributed by atoms with Gasteiger partial charge in [-0.05, 0) is 50.3 Å². The predicted molar refractivity (Wildman–Crippen MR) is 76.1 cm³/mol. The van der Waals surface area contributed by atoms with Gasteiger partial charge in [-0.15, -0.1) is 0 Å². The lowest BCUT2D eigenvalue weighted by Crippen LogP contribution is -2.05. The fraction of sp³-hybridized carbons (Fsp3) is 0.562. The Balaban J connectivity index is 2.19. The Morgan fingerprint density at radius 1 is 1.33 bits per heavy atom. The van der Waals surface area contributed by atoms with Gasteiger partial charge in [0.2, 0.25) is 0 Å². The number of benzene rings is 1. The van der Waals surface area contributed by atoms with E-state index in [9.17, 15) is 0 Å². The summed E-state index contributed by atoms with van der Waals surface area (Å²) < 4.78 is 2.24. The van der Waals surface area contributed by atoms with Crippen LogP contribution in [0.15, 0.2) is 18.2 Å². The van der Waals surface area contributed by atoms with E-state index in [1.54, 1.807) is 0 Å². The van der Waals surface area contributed by atoms with Crippen LogP contribution in [0.25, 0.3) is 10.9 Å². The molecular weight excluding hydrogens is 220 g/mol. The van der Waals surface area contributed by atoms with Crippen molar-refractivity contribution < 1.29 is 0 Å². The van der Waals surface area contributed by atoms with Crippen molar-refractivity contribution in [3.05, 3.63) is 29.5 Å². The maximum Gasteiger partial charge on any atom is 0.0734 e. The van der Waals surface area contributed by atoms with E-state index < -0.39 is 0 Å². The van der Waals surface area contributed by atoms with Crippen LogP contribution < -0.4 is 0 Å². The molecule has 1 atom stereocenters. The van der Waals surface area contributed by atoms with E-state index in [1.807, 2.05) is 0 Å². The molecule has 0 bridgehead atoms. The van der Waals surface area contributed by atoms with Crippen LogP contribution in [0.4, 0.5) is 0 Å². The third-order valence-corrected chi connectivity index (χ3v) is 4.18. The van der Waals surface area contributed by atoms with E-state index in [2.05, 4.69) is 43.7 Å². The van der Waals surface area contributed by atoms with Gasteiger partial charge in [0.1, 0.15) is 0 Å². The summed E-state index contributed by atoms with van der Waals surface area (Å²) in [6.45, 7) is 6.71. The molecule has 1 aliphatic carbocycles. The van der Waals surface area contributed by atoms with Gasteiger partial charge in [-0.1, -0.05) is 19.9 Å². The first-order valence-corrected chi connectivity index (χ1v) is 7.25. The van der Waals surface area contributed by atoms with Gasteiger partial charge in [0.05, 0.1) is 11.2 Å². The Bertz CT molecular complexity index is 564. The normalized spacial score (nSPS) is 17.3. The molecule has 0 aliphatic heterocycles. The fourth-order valence-corrected chi connectivity index (χ4v) is 2.60. The fourth-order valence-electron chi connectivity index (χ4n) is 2.60. The van der Waals surface area contributed by atoms with Crippen molar-refractivity contribution in [1.29, 1.82) is 0 Å². The van der Waals surface area contributed by atoms with Gasteiger partial charge in [-0.3, -0.25) is 4.68 Å². The summed E-state index contributed by atoms with van der Waals surface area (Å²) in [6.07, 6.45) is 4.89. The Kier molecular flexibility index (Phi) is 2.89. The van der Waals surface area contributed by atoms with Gasteiger partial charge >= 0.3 is 0 Å². The Morgan fingerprint density at radius 2 is 2.11 bits per heavy atom. The predicted octanol–water partition coefficient (Wildman–Crippen LogP) is 4.45. The molecule has 2 heteroatoms. The molecule has 0 radical (unpaired) electrons. The quantitative estimate of drug-likeness (QED) is 0.774. The van der Waals surface area contributed by atoms with Gasteiger partial charge in [0, 0.05) is 17.3 Å². The molecule has 3 rings (SSSR count). The summed E-state index contributed by atoms with van der Waals surface area (Å²) in [4.78, 5) is 0. The lowest BCUT2D eigenvalue weighted by molar-refractivity contribution is 0.488. The Morgan fingerprint density at radius 3 is 2.72 bits per heavy atom. The summed E-state index contributed by atoms with van der Waals surface area (Å²) in [5.41, 5.74) is 4.09. The van der Waals surface area contributed by atoms with Crippen LogP contribution >= 0.6 is 0 Å². The molecule has 0 saturated heterocycles. The highest BCUT2D eigenvalue weighted by molar-refractivity contribution is 5.83. The third-order valence-electron chi connectivity index (χ3n) is 4.18. The van der Waals surface area contributed by atoms with Crippen molar-refractivity contribution >= 4 is 10.9 Å². The highest BCUT2D eigenvalue weighted by atomic mass is 15.3. The molecular formula is C16H22N2. The molecule has 96 valence electrons. The van der Waals surface area contributed by atoms with E-state index in [0.717, 1.165) is 18.8 Å². The lowest BCUT2D eigenvalue weighted by Gasteiger charge is -2.10. The van der Waals surface area contributed by atoms with Gasteiger partial charge < -0.3 is 0 Å². The number of nitrogens with zero attached hydrogens (tertiary/aromatic N) is 2. The lowest BCUT2D eigenvalue weighted by atomic mass is 10.1. The summed E-state index contributed by atoms with van der Waals surface area (Å²) in [5.74, 6) is 0.727. The Labute approximate surface area is 109 Å². The van der Waals surface area contributed by atoms with Crippen molar-refractivity contribution in [3.63, 3.8) is 0 Å². The first-order chi connectivity index (χ1) is 8.74. The molecule has 0 spiro atoms. The van der Waals surface area contributed by atoms with Crippen molar-refractivity contribution in [3.8, 4) is 0 Å². The zero-order valence-electron chi connectivity index (χ0n) is 11.6. The van der Waals surface area contributed by atoms with Crippen LogP contribution in [0.1, 0.15) is 63.3 Å². The average molecular weight is 242 g/mol. The van der Waals surface area contributed by atoms with Crippen LogP contribution in [0.3, 0.4) is 0 Å². The van der Waals surface area contributed by atoms with Crippen LogP contribution in [0, 0.1) is 0 Å². The maximum atomic E-state index is 4.91. The van der Waals surface area contributed by atoms with Crippen molar-refractivity contribution in [2.75, 3.05) is 0 Å². The summed E-state index contributed by atoms with van der Waals surface area (Å²) in [7, 11) is 0. The molecule has 1 aromatic carbocycles. The Hall–Kier alpha value is -1.31.